The highest BCUT2D eigenvalue weighted by Gasteiger charge is 2.40. The van der Waals surface area contributed by atoms with Gasteiger partial charge in [-0.2, -0.15) is 5.10 Å². The maximum absolute atomic E-state index is 13.9. The summed E-state index contributed by atoms with van der Waals surface area (Å²) in [6.07, 6.45) is 1.71. The lowest BCUT2D eigenvalue weighted by Gasteiger charge is -2.40. The van der Waals surface area contributed by atoms with Crippen LogP contribution < -0.4 is 9.64 Å². The van der Waals surface area contributed by atoms with E-state index in [1.165, 1.54) is 0 Å². The molecule has 1 fully saturated rings. The Balaban J connectivity index is 1.39. The SMILES string of the molecule is COc1ccc(N2CCN(C(=O)C3C(C)=Nc4ccnn4C3c3ccc(Cl)c(Cl)c3)CC2)cc1. The number of nitrogens with zero attached hydrogens (tertiary/aromatic N) is 5. The summed E-state index contributed by atoms with van der Waals surface area (Å²) in [6.45, 7) is 4.69. The van der Waals surface area contributed by atoms with Gasteiger partial charge in [0.25, 0.3) is 0 Å². The van der Waals surface area contributed by atoms with Crippen LogP contribution in [0.2, 0.25) is 10.0 Å². The fraction of sp³-hybridized carbons (Fsp3) is 0.320. The molecule has 0 radical (unpaired) electrons. The number of carbonyl (C=O) groups excluding carboxylic acids is 1. The molecule has 1 aromatic heterocycles. The minimum atomic E-state index is -0.475. The van der Waals surface area contributed by atoms with Gasteiger partial charge in [0.1, 0.15) is 11.7 Å². The third-order valence-corrected chi connectivity index (χ3v) is 7.29. The Labute approximate surface area is 208 Å². The van der Waals surface area contributed by atoms with Crippen LogP contribution in [0.3, 0.4) is 0 Å². The van der Waals surface area contributed by atoms with Gasteiger partial charge in [-0.15, -0.1) is 0 Å². The van der Waals surface area contributed by atoms with Gasteiger partial charge in [-0.25, -0.2) is 9.67 Å². The zero-order valence-corrected chi connectivity index (χ0v) is 20.5. The van der Waals surface area contributed by atoms with E-state index in [-0.39, 0.29) is 11.9 Å². The van der Waals surface area contributed by atoms with E-state index in [1.807, 2.05) is 59.0 Å². The minimum absolute atomic E-state index is 0.0489. The van der Waals surface area contributed by atoms with Crippen molar-refractivity contribution in [3.63, 3.8) is 0 Å². The number of amides is 1. The van der Waals surface area contributed by atoms with E-state index in [9.17, 15) is 4.79 Å². The van der Waals surface area contributed by atoms with Gasteiger partial charge >= 0.3 is 0 Å². The van der Waals surface area contributed by atoms with E-state index in [2.05, 4.69) is 15.0 Å². The van der Waals surface area contributed by atoms with Crippen molar-refractivity contribution in [3.05, 3.63) is 70.3 Å². The lowest BCUT2D eigenvalue weighted by Crippen LogP contribution is -2.53. The third-order valence-electron chi connectivity index (χ3n) is 6.55. The number of piperazine rings is 1. The average Bonchev–Trinajstić information content (AvgIpc) is 3.33. The van der Waals surface area contributed by atoms with Crippen molar-refractivity contribution < 1.29 is 9.53 Å². The second-order valence-corrected chi connectivity index (χ2v) is 9.31. The van der Waals surface area contributed by atoms with Gasteiger partial charge in [-0.1, -0.05) is 29.3 Å². The standard InChI is InChI=1S/C25H25Cl2N5O2/c1-16-23(24(32-22(29-16)9-10-28-32)17-3-8-20(26)21(27)15-17)25(33)31-13-11-30(12-14-31)18-4-6-19(34-2)7-5-18/h3-10,15,23-24H,11-14H2,1-2H3. The van der Waals surface area contributed by atoms with Crippen molar-refractivity contribution >= 4 is 46.3 Å². The first-order valence-corrected chi connectivity index (χ1v) is 11.9. The Bertz CT molecular complexity index is 1230. The Morgan fingerprint density at radius 2 is 1.74 bits per heavy atom. The number of rotatable bonds is 4. The van der Waals surface area contributed by atoms with Crippen molar-refractivity contribution in [3.8, 4) is 5.75 Å². The molecule has 0 N–H and O–H groups in total. The van der Waals surface area contributed by atoms with Crippen molar-refractivity contribution in [2.75, 3.05) is 38.2 Å². The highest BCUT2D eigenvalue weighted by atomic mass is 35.5. The molecule has 2 unspecified atom stereocenters. The molecule has 2 atom stereocenters. The van der Waals surface area contributed by atoms with Gasteiger partial charge < -0.3 is 14.5 Å². The molecule has 0 aliphatic carbocycles. The minimum Gasteiger partial charge on any atom is -0.497 e. The zero-order valence-electron chi connectivity index (χ0n) is 19.0. The summed E-state index contributed by atoms with van der Waals surface area (Å²) >= 11 is 12.5. The summed E-state index contributed by atoms with van der Waals surface area (Å²) in [7, 11) is 1.66. The van der Waals surface area contributed by atoms with Crippen LogP contribution in [0.15, 0.2) is 59.7 Å². The molecule has 7 nitrogen and oxygen atoms in total. The number of benzene rings is 2. The van der Waals surface area contributed by atoms with E-state index >= 15 is 0 Å². The van der Waals surface area contributed by atoms with Crippen molar-refractivity contribution in [2.24, 2.45) is 10.9 Å². The second-order valence-electron chi connectivity index (χ2n) is 8.49. The molecule has 9 heteroatoms. The molecule has 5 rings (SSSR count). The number of aliphatic imine (C=N–C) groups is 1. The predicted octanol–water partition coefficient (Wildman–Crippen LogP) is 4.86. The molecule has 0 spiro atoms. The highest BCUT2D eigenvalue weighted by molar-refractivity contribution is 6.42. The Morgan fingerprint density at radius 3 is 2.41 bits per heavy atom. The Hall–Kier alpha value is -3.03. The van der Waals surface area contributed by atoms with Crippen molar-refractivity contribution in [2.45, 2.75) is 13.0 Å². The van der Waals surface area contributed by atoms with E-state index in [1.54, 1.807) is 19.4 Å². The number of methoxy groups -OCH3 is 1. The summed E-state index contributed by atoms with van der Waals surface area (Å²) in [5, 5.41) is 5.42. The summed E-state index contributed by atoms with van der Waals surface area (Å²) in [5.41, 5.74) is 2.77. The topological polar surface area (TPSA) is 63.0 Å². The summed E-state index contributed by atoms with van der Waals surface area (Å²) in [6, 6.07) is 15.0. The van der Waals surface area contributed by atoms with Crippen LogP contribution in [-0.2, 0) is 4.79 Å². The number of fused-ring (bicyclic) bond motifs is 1. The first-order chi connectivity index (χ1) is 16.5. The molecule has 2 aliphatic rings. The quantitative estimate of drug-likeness (QED) is 0.516. The van der Waals surface area contributed by atoms with E-state index < -0.39 is 5.92 Å². The Morgan fingerprint density at radius 1 is 1.00 bits per heavy atom. The van der Waals surface area contributed by atoms with Crippen LogP contribution in [0, 0.1) is 5.92 Å². The lowest BCUT2D eigenvalue weighted by molar-refractivity contribution is -0.134. The monoisotopic (exact) mass is 497 g/mol. The average molecular weight is 498 g/mol. The lowest BCUT2D eigenvalue weighted by atomic mass is 9.87. The van der Waals surface area contributed by atoms with Gasteiger partial charge in [0.05, 0.1) is 29.4 Å². The molecular weight excluding hydrogens is 473 g/mol. The predicted molar refractivity (Wildman–Crippen MR) is 135 cm³/mol. The highest BCUT2D eigenvalue weighted by Crippen LogP contribution is 2.39. The summed E-state index contributed by atoms with van der Waals surface area (Å²) < 4.78 is 7.06. The van der Waals surface area contributed by atoms with Crippen LogP contribution in [0.4, 0.5) is 11.5 Å². The fourth-order valence-electron chi connectivity index (χ4n) is 4.75. The number of ether oxygens (including phenoxy) is 1. The molecule has 0 bridgehead atoms. The van der Waals surface area contributed by atoms with Gasteiger partial charge in [-0.3, -0.25) is 4.79 Å². The molecule has 2 aromatic carbocycles. The van der Waals surface area contributed by atoms with Crippen molar-refractivity contribution in [1.82, 2.24) is 14.7 Å². The number of hydrogen-bond acceptors (Lipinski definition) is 5. The number of hydrogen-bond donors (Lipinski definition) is 0. The molecule has 176 valence electrons. The number of aromatic nitrogens is 2. The summed E-state index contributed by atoms with van der Waals surface area (Å²) in [5.74, 6) is 1.13. The first kappa shape index (κ1) is 22.7. The van der Waals surface area contributed by atoms with Crippen LogP contribution >= 0.6 is 23.2 Å². The van der Waals surface area contributed by atoms with Crippen LogP contribution in [-0.4, -0.2) is 59.6 Å². The fourth-order valence-corrected chi connectivity index (χ4v) is 5.06. The smallest absolute Gasteiger partial charge is 0.234 e. The van der Waals surface area contributed by atoms with Gasteiger partial charge in [-0.05, 0) is 48.9 Å². The number of anilines is 1. The normalized spacial score (nSPS) is 20.1. The first-order valence-electron chi connectivity index (χ1n) is 11.2. The molecule has 34 heavy (non-hydrogen) atoms. The Kier molecular flexibility index (Phi) is 6.23. The van der Waals surface area contributed by atoms with Crippen LogP contribution in [0.5, 0.6) is 5.75 Å². The largest absolute Gasteiger partial charge is 0.497 e. The molecule has 2 aliphatic heterocycles. The van der Waals surface area contributed by atoms with Crippen LogP contribution in [0.25, 0.3) is 0 Å². The molecule has 1 amide bonds. The van der Waals surface area contributed by atoms with E-state index in [0.717, 1.165) is 41.6 Å². The molecule has 3 heterocycles. The number of halogens is 2. The molecule has 1 saturated heterocycles. The van der Waals surface area contributed by atoms with Gasteiger partial charge in [0.2, 0.25) is 5.91 Å². The zero-order chi connectivity index (χ0) is 23.8. The summed E-state index contributed by atoms with van der Waals surface area (Å²) in [4.78, 5) is 22.8. The van der Waals surface area contributed by atoms with Gasteiger partial charge in [0, 0.05) is 43.6 Å². The molecule has 3 aromatic rings. The molecular formula is C25H25Cl2N5O2. The maximum atomic E-state index is 13.9. The molecule has 0 saturated carbocycles. The van der Waals surface area contributed by atoms with Crippen LogP contribution in [0.1, 0.15) is 18.5 Å². The second kappa shape index (κ2) is 9.31. The van der Waals surface area contributed by atoms with Gasteiger partial charge in [0.15, 0.2) is 5.82 Å². The third kappa shape index (κ3) is 4.14. The van der Waals surface area contributed by atoms with E-state index in [0.29, 0.717) is 23.1 Å². The van der Waals surface area contributed by atoms with Crippen molar-refractivity contribution in [1.29, 1.82) is 0 Å². The number of carbonyl (C=O) groups is 1. The van der Waals surface area contributed by atoms with E-state index in [4.69, 9.17) is 27.9 Å². The maximum Gasteiger partial charge on any atom is 0.234 e.